The minimum absolute atomic E-state index is 0.114. The van der Waals surface area contributed by atoms with Crippen molar-refractivity contribution in [2.24, 2.45) is 0 Å². The molecule has 0 saturated carbocycles. The van der Waals surface area contributed by atoms with Gasteiger partial charge in [0.05, 0.1) is 0 Å². The summed E-state index contributed by atoms with van der Waals surface area (Å²) in [6, 6.07) is 0. The lowest BCUT2D eigenvalue weighted by molar-refractivity contribution is -0.139. The number of carbonyl (C=O) groups is 1. The average molecular weight is 178 g/mol. The van der Waals surface area contributed by atoms with E-state index in [0.29, 0.717) is 0 Å². The molecule has 1 aliphatic heterocycles. The largest absolute Gasteiger partial charge is 0.459 e. The van der Waals surface area contributed by atoms with Gasteiger partial charge in [-0.05, 0) is 25.7 Å². The predicted octanol–water partition coefficient (Wildman–Crippen LogP) is 2.36. The molecule has 0 spiro atoms. The lowest BCUT2D eigenvalue weighted by Crippen LogP contribution is -2.05. The predicted molar refractivity (Wildman–Crippen MR) is 50.2 cm³/mol. The van der Waals surface area contributed by atoms with E-state index in [9.17, 15) is 4.79 Å². The van der Waals surface area contributed by atoms with Crippen LogP contribution in [0, 0.1) is 0 Å². The molecule has 1 saturated heterocycles. The first-order valence-corrected chi connectivity index (χ1v) is 4.93. The Hall–Kier alpha value is -1.05. The summed E-state index contributed by atoms with van der Waals surface area (Å²) in [5.41, 5.74) is 0.836. The number of hydrogen-bond donors (Lipinski definition) is 0. The molecule has 2 heteroatoms. The molecule has 0 aromatic heterocycles. The summed E-state index contributed by atoms with van der Waals surface area (Å²) in [5.74, 6) is -0.114. The van der Waals surface area contributed by atoms with Gasteiger partial charge < -0.3 is 4.74 Å². The maximum absolute atomic E-state index is 11.3. The summed E-state index contributed by atoms with van der Waals surface area (Å²) in [4.78, 5) is 11.3. The van der Waals surface area contributed by atoms with Crippen LogP contribution < -0.4 is 0 Å². The molecule has 0 amide bonds. The zero-order chi connectivity index (χ0) is 9.10. The monoisotopic (exact) mass is 178 g/mol. The highest BCUT2D eigenvalue weighted by Gasteiger charge is 2.27. The van der Waals surface area contributed by atoms with Gasteiger partial charge in [0.15, 0.2) is 0 Å². The third kappa shape index (κ3) is 2.00. The van der Waals surface area contributed by atoms with Gasteiger partial charge in [-0.3, -0.25) is 0 Å². The van der Waals surface area contributed by atoms with Crippen LogP contribution in [0.2, 0.25) is 0 Å². The van der Waals surface area contributed by atoms with Gasteiger partial charge >= 0.3 is 5.97 Å². The van der Waals surface area contributed by atoms with E-state index in [-0.39, 0.29) is 12.1 Å². The molecule has 1 aliphatic carbocycles. The lowest BCUT2D eigenvalue weighted by atomic mass is 10.0. The highest BCUT2D eigenvalue weighted by Crippen LogP contribution is 2.25. The molecule has 0 N–H and O–H groups in total. The first-order chi connectivity index (χ1) is 6.36. The Balaban J connectivity index is 2.14. The summed E-state index contributed by atoms with van der Waals surface area (Å²) >= 11 is 0. The third-order valence-electron chi connectivity index (χ3n) is 2.56. The van der Waals surface area contributed by atoms with Gasteiger partial charge in [0.25, 0.3) is 0 Å². The quantitative estimate of drug-likeness (QED) is 0.532. The van der Waals surface area contributed by atoms with Gasteiger partial charge in [-0.25, -0.2) is 4.79 Å². The molecular weight excluding hydrogens is 164 g/mol. The van der Waals surface area contributed by atoms with Crippen molar-refractivity contribution < 1.29 is 9.53 Å². The Kier molecular flexibility index (Phi) is 2.48. The van der Waals surface area contributed by atoms with Crippen molar-refractivity contribution in [2.75, 3.05) is 0 Å². The average Bonchev–Trinajstić information content (AvgIpc) is 2.45. The third-order valence-corrected chi connectivity index (χ3v) is 2.56. The second-order valence-electron chi connectivity index (χ2n) is 3.64. The van der Waals surface area contributed by atoms with E-state index in [1.165, 1.54) is 6.42 Å². The molecule has 0 aromatic rings. The van der Waals surface area contributed by atoms with E-state index >= 15 is 0 Å². The number of allylic oxidation sites excluding steroid dienone is 3. The minimum atomic E-state index is -0.114. The van der Waals surface area contributed by atoms with Crippen molar-refractivity contribution in [1.82, 2.24) is 0 Å². The van der Waals surface area contributed by atoms with Gasteiger partial charge in [0, 0.05) is 12.0 Å². The molecular formula is C11H14O2. The smallest absolute Gasteiger partial charge is 0.334 e. The highest BCUT2D eigenvalue weighted by atomic mass is 16.5. The Morgan fingerprint density at radius 2 is 2.31 bits per heavy atom. The first-order valence-electron chi connectivity index (χ1n) is 4.93. The summed E-state index contributed by atoms with van der Waals surface area (Å²) in [7, 11) is 0. The van der Waals surface area contributed by atoms with Crippen LogP contribution in [0.1, 0.15) is 32.1 Å². The van der Waals surface area contributed by atoms with Gasteiger partial charge in [-0.15, -0.1) is 0 Å². The van der Waals surface area contributed by atoms with Crippen LogP contribution in [0.5, 0.6) is 0 Å². The Morgan fingerprint density at radius 3 is 3.23 bits per heavy atom. The molecule has 1 atom stereocenters. The Morgan fingerprint density at radius 1 is 1.38 bits per heavy atom. The maximum atomic E-state index is 11.3. The van der Waals surface area contributed by atoms with E-state index in [1.807, 2.05) is 12.2 Å². The van der Waals surface area contributed by atoms with E-state index in [4.69, 9.17) is 4.74 Å². The molecule has 2 bridgehead atoms. The second-order valence-corrected chi connectivity index (χ2v) is 3.64. The number of fused-ring (bicyclic) bond motifs is 2. The zero-order valence-corrected chi connectivity index (χ0v) is 7.66. The Bertz CT molecular complexity index is 263. The van der Waals surface area contributed by atoms with E-state index in [0.717, 1.165) is 31.3 Å². The van der Waals surface area contributed by atoms with Gasteiger partial charge in [-0.2, -0.15) is 0 Å². The van der Waals surface area contributed by atoms with E-state index in [2.05, 4.69) is 6.08 Å². The topological polar surface area (TPSA) is 26.3 Å². The number of carbonyl (C=O) groups excluding carboxylic acids is 1. The van der Waals surface area contributed by atoms with Crippen molar-refractivity contribution in [3.8, 4) is 0 Å². The van der Waals surface area contributed by atoms with Crippen LogP contribution in [-0.2, 0) is 9.53 Å². The fourth-order valence-corrected chi connectivity index (χ4v) is 1.81. The molecule has 1 unspecified atom stereocenters. The molecule has 70 valence electrons. The Labute approximate surface area is 78.3 Å². The van der Waals surface area contributed by atoms with Crippen molar-refractivity contribution in [2.45, 2.75) is 38.2 Å². The van der Waals surface area contributed by atoms with E-state index < -0.39 is 0 Å². The van der Waals surface area contributed by atoms with Crippen LogP contribution in [-0.4, -0.2) is 12.1 Å². The summed E-state index contributed by atoms with van der Waals surface area (Å²) in [6.45, 7) is 0. The highest BCUT2D eigenvalue weighted by molar-refractivity contribution is 5.91. The van der Waals surface area contributed by atoms with Crippen LogP contribution in [0.25, 0.3) is 0 Å². The summed E-state index contributed by atoms with van der Waals surface area (Å²) < 4.78 is 5.22. The molecule has 13 heavy (non-hydrogen) atoms. The zero-order valence-electron chi connectivity index (χ0n) is 7.66. The van der Waals surface area contributed by atoms with Gasteiger partial charge in [-0.1, -0.05) is 18.2 Å². The van der Waals surface area contributed by atoms with Crippen molar-refractivity contribution in [3.63, 3.8) is 0 Å². The number of rotatable bonds is 0. The second kappa shape index (κ2) is 3.77. The number of ether oxygens (including phenoxy) is 1. The molecule has 2 rings (SSSR count). The van der Waals surface area contributed by atoms with Gasteiger partial charge in [0.2, 0.25) is 0 Å². The normalized spacial score (nSPS) is 34.6. The summed E-state index contributed by atoms with van der Waals surface area (Å²) in [6.07, 6.45) is 11.5. The minimum Gasteiger partial charge on any atom is -0.459 e. The number of esters is 1. The SMILES string of the molecule is O=C1OC2CCCC/C=C\C=C\1C2. The fourth-order valence-electron chi connectivity index (χ4n) is 1.81. The number of hydrogen-bond acceptors (Lipinski definition) is 2. The summed E-state index contributed by atoms with van der Waals surface area (Å²) in [5, 5.41) is 0. The molecule has 1 fully saturated rings. The standard InChI is InChI=1S/C11H14O2/c12-11-9-6-4-2-1-3-5-7-10(8-9)13-11/h2,4,6,10H,1,3,5,7-8H2/b4-2-,9-6+. The van der Waals surface area contributed by atoms with Crippen molar-refractivity contribution >= 4 is 5.97 Å². The molecule has 2 nitrogen and oxygen atoms in total. The van der Waals surface area contributed by atoms with Gasteiger partial charge in [0.1, 0.15) is 6.10 Å². The first kappa shape index (κ1) is 8.54. The molecule has 1 heterocycles. The molecule has 0 aromatic carbocycles. The fraction of sp³-hybridized carbons (Fsp3) is 0.545. The molecule has 0 radical (unpaired) electrons. The van der Waals surface area contributed by atoms with Crippen molar-refractivity contribution in [3.05, 3.63) is 23.8 Å². The lowest BCUT2D eigenvalue weighted by Gasteiger charge is -2.07. The maximum Gasteiger partial charge on any atom is 0.334 e. The van der Waals surface area contributed by atoms with Crippen LogP contribution in [0.3, 0.4) is 0 Å². The molecule has 2 aliphatic rings. The van der Waals surface area contributed by atoms with Crippen LogP contribution in [0.15, 0.2) is 23.8 Å². The van der Waals surface area contributed by atoms with E-state index in [1.54, 1.807) is 0 Å². The van der Waals surface area contributed by atoms with Crippen molar-refractivity contribution in [1.29, 1.82) is 0 Å². The van der Waals surface area contributed by atoms with Crippen LogP contribution in [0.4, 0.5) is 0 Å². The van der Waals surface area contributed by atoms with Crippen LogP contribution >= 0.6 is 0 Å².